The molecule has 8 nitrogen and oxygen atoms in total. The van der Waals surface area contributed by atoms with Crippen LogP contribution in [-0.4, -0.2) is 44.0 Å². The third-order valence-electron chi connectivity index (χ3n) is 4.25. The first-order valence-corrected chi connectivity index (χ1v) is 11.8. The molecule has 0 amide bonds. The van der Waals surface area contributed by atoms with E-state index in [-0.39, 0.29) is 0 Å². The second-order valence-corrected chi connectivity index (χ2v) is 7.99. The van der Waals surface area contributed by atoms with Gasteiger partial charge in [-0.05, 0) is 24.8 Å². The van der Waals surface area contributed by atoms with Gasteiger partial charge in [0, 0.05) is 56.4 Å². The second kappa shape index (κ2) is 8.01. The molecule has 0 saturated heterocycles. The highest BCUT2D eigenvalue weighted by Crippen LogP contribution is 2.32. The Morgan fingerprint density at radius 1 is 1.38 bits per heavy atom. The van der Waals surface area contributed by atoms with Crippen molar-refractivity contribution in [1.82, 2.24) is 23.7 Å². The summed E-state index contributed by atoms with van der Waals surface area (Å²) in [7, 11) is 3.27. The van der Waals surface area contributed by atoms with Crippen molar-refractivity contribution in [3.8, 4) is 0 Å². The number of nitrogens with one attached hydrogen (secondary N) is 2. The first kappa shape index (κ1) is 17.9. The van der Waals surface area contributed by atoms with E-state index >= 15 is 0 Å². The van der Waals surface area contributed by atoms with E-state index in [1.807, 2.05) is 21.0 Å². The summed E-state index contributed by atoms with van der Waals surface area (Å²) in [6, 6.07) is 2.06. The lowest BCUT2D eigenvalue weighted by Gasteiger charge is -2.10. The number of nitrogens with zero attached hydrogens (tertiary/aromatic N) is 5. The van der Waals surface area contributed by atoms with Gasteiger partial charge in [-0.1, -0.05) is 0 Å². The largest absolute Gasteiger partial charge is 0.383 e. The van der Waals surface area contributed by atoms with Crippen molar-refractivity contribution in [2.24, 2.45) is 5.92 Å². The Bertz CT molecular complexity index is 892. The van der Waals surface area contributed by atoms with Gasteiger partial charge in [-0.15, -0.1) is 0 Å². The fourth-order valence-electron chi connectivity index (χ4n) is 2.67. The number of halogens is 1. The number of hydrogen-bond acceptors (Lipinski definition) is 7. The van der Waals surface area contributed by atoms with Gasteiger partial charge in [-0.2, -0.15) is 15.1 Å². The number of ether oxygens (including phenoxy) is 1. The molecule has 2 N–H and O–H groups in total. The standard InChI is InChI=1S/C16H20IN7OS/c1-25-7-6-23-10-12(9-19-23)20-16-21-14(18-8-11-2-3-11)13-4-5-24(26-17)15(13)22-16/h4-5,9-11H,2-3,6-8H2,1H3,(H2,18,20,21,22). The molecule has 0 bridgehead atoms. The van der Waals surface area contributed by atoms with E-state index in [0.717, 1.165) is 35.0 Å². The van der Waals surface area contributed by atoms with Crippen LogP contribution in [0.3, 0.4) is 0 Å². The number of aromatic nitrogens is 5. The van der Waals surface area contributed by atoms with E-state index in [1.165, 1.54) is 12.8 Å². The number of fused-ring (bicyclic) bond motifs is 1. The molecule has 0 aromatic carbocycles. The number of rotatable bonds is 9. The normalized spacial score (nSPS) is 14.1. The average molecular weight is 485 g/mol. The highest BCUT2D eigenvalue weighted by atomic mass is 127. The van der Waals surface area contributed by atoms with Gasteiger partial charge in [0.15, 0.2) is 5.65 Å². The van der Waals surface area contributed by atoms with Crippen LogP contribution >= 0.6 is 30.3 Å². The summed E-state index contributed by atoms with van der Waals surface area (Å²) in [4.78, 5) is 9.38. The molecule has 0 spiro atoms. The molecule has 138 valence electrons. The minimum absolute atomic E-state index is 0.562. The predicted octanol–water partition coefficient (Wildman–Crippen LogP) is 3.69. The number of methoxy groups -OCH3 is 1. The lowest BCUT2D eigenvalue weighted by molar-refractivity contribution is 0.183. The smallest absolute Gasteiger partial charge is 0.231 e. The van der Waals surface area contributed by atoms with Crippen molar-refractivity contribution >= 4 is 58.8 Å². The molecular formula is C16H20IN7OS. The van der Waals surface area contributed by atoms with Gasteiger partial charge in [-0.25, -0.2) is 0 Å². The summed E-state index contributed by atoms with van der Waals surface area (Å²) >= 11 is 2.26. The highest BCUT2D eigenvalue weighted by molar-refractivity contribution is 14.2. The fraction of sp³-hybridized carbons (Fsp3) is 0.438. The highest BCUT2D eigenvalue weighted by Gasteiger charge is 2.22. The van der Waals surface area contributed by atoms with E-state index in [2.05, 4.69) is 48.0 Å². The zero-order valence-electron chi connectivity index (χ0n) is 14.4. The molecule has 1 saturated carbocycles. The Balaban J connectivity index is 1.59. The third kappa shape index (κ3) is 4.07. The van der Waals surface area contributed by atoms with E-state index in [4.69, 9.17) is 9.72 Å². The summed E-state index contributed by atoms with van der Waals surface area (Å²) in [5.74, 6) is 2.21. The van der Waals surface area contributed by atoms with Gasteiger partial charge in [-0.3, -0.25) is 8.65 Å². The lowest BCUT2D eigenvalue weighted by atomic mass is 10.3. The zero-order valence-corrected chi connectivity index (χ0v) is 17.3. The second-order valence-electron chi connectivity index (χ2n) is 6.28. The van der Waals surface area contributed by atoms with E-state index in [9.17, 15) is 0 Å². The summed E-state index contributed by atoms with van der Waals surface area (Å²) in [5, 5.41) is 12.1. The molecule has 10 heteroatoms. The van der Waals surface area contributed by atoms with Crippen molar-refractivity contribution in [2.75, 3.05) is 30.9 Å². The molecule has 1 aliphatic rings. The van der Waals surface area contributed by atoms with Crippen LogP contribution in [0.1, 0.15) is 12.8 Å². The Morgan fingerprint density at radius 3 is 3.04 bits per heavy atom. The quantitative estimate of drug-likeness (QED) is 0.448. The Kier molecular flexibility index (Phi) is 5.50. The Hall–Kier alpha value is -1.53. The van der Waals surface area contributed by atoms with Gasteiger partial charge in [0.05, 0.1) is 30.4 Å². The fourth-order valence-corrected chi connectivity index (χ4v) is 3.93. The van der Waals surface area contributed by atoms with Crippen molar-refractivity contribution in [1.29, 1.82) is 0 Å². The Morgan fingerprint density at radius 2 is 2.27 bits per heavy atom. The van der Waals surface area contributed by atoms with Crippen molar-refractivity contribution < 1.29 is 4.74 Å². The minimum Gasteiger partial charge on any atom is -0.383 e. The van der Waals surface area contributed by atoms with Crippen LogP contribution in [0.2, 0.25) is 0 Å². The molecular weight excluding hydrogens is 465 g/mol. The molecule has 26 heavy (non-hydrogen) atoms. The molecule has 3 heterocycles. The molecule has 4 rings (SSSR count). The maximum Gasteiger partial charge on any atom is 0.231 e. The SMILES string of the molecule is COCCn1cc(Nc2nc(NCC3CC3)c3ccn(SI)c3n2)cn1. The molecule has 1 fully saturated rings. The third-order valence-corrected chi connectivity index (χ3v) is 5.97. The van der Waals surface area contributed by atoms with Gasteiger partial charge in [0.2, 0.25) is 5.95 Å². The van der Waals surface area contributed by atoms with Crippen LogP contribution in [0.25, 0.3) is 11.0 Å². The first-order chi connectivity index (χ1) is 12.8. The summed E-state index contributed by atoms with van der Waals surface area (Å²) < 4.78 is 8.95. The van der Waals surface area contributed by atoms with E-state index < -0.39 is 0 Å². The van der Waals surface area contributed by atoms with Crippen LogP contribution in [0.4, 0.5) is 17.5 Å². The monoisotopic (exact) mass is 485 g/mol. The molecule has 0 unspecified atom stereocenters. The number of hydrogen-bond donors (Lipinski definition) is 2. The van der Waals surface area contributed by atoms with Crippen LogP contribution < -0.4 is 10.6 Å². The molecule has 0 aliphatic heterocycles. The maximum atomic E-state index is 5.09. The first-order valence-electron chi connectivity index (χ1n) is 8.47. The molecule has 3 aromatic heterocycles. The van der Waals surface area contributed by atoms with Gasteiger partial charge in [0.25, 0.3) is 0 Å². The molecule has 0 atom stereocenters. The van der Waals surface area contributed by atoms with E-state index in [0.29, 0.717) is 19.1 Å². The van der Waals surface area contributed by atoms with Crippen LogP contribution in [0.15, 0.2) is 24.7 Å². The topological polar surface area (TPSA) is 81.8 Å². The van der Waals surface area contributed by atoms with E-state index in [1.54, 1.807) is 22.4 Å². The summed E-state index contributed by atoms with van der Waals surface area (Å²) in [6.07, 6.45) is 8.32. The van der Waals surface area contributed by atoms with Crippen molar-refractivity contribution in [3.63, 3.8) is 0 Å². The van der Waals surface area contributed by atoms with Crippen LogP contribution in [0, 0.1) is 5.92 Å². The van der Waals surface area contributed by atoms with Gasteiger partial charge in [0.1, 0.15) is 5.82 Å². The molecule has 1 aliphatic carbocycles. The van der Waals surface area contributed by atoms with Crippen molar-refractivity contribution in [2.45, 2.75) is 19.4 Å². The Labute approximate surface area is 167 Å². The van der Waals surface area contributed by atoms with Crippen LogP contribution in [0.5, 0.6) is 0 Å². The molecule has 0 radical (unpaired) electrons. The number of anilines is 3. The van der Waals surface area contributed by atoms with Gasteiger partial charge < -0.3 is 15.4 Å². The maximum absolute atomic E-state index is 5.09. The lowest BCUT2D eigenvalue weighted by Crippen LogP contribution is -2.08. The van der Waals surface area contributed by atoms with Crippen molar-refractivity contribution in [3.05, 3.63) is 24.7 Å². The molecule has 3 aromatic rings. The summed E-state index contributed by atoms with van der Waals surface area (Å²) in [6.45, 7) is 2.29. The predicted molar refractivity (Wildman–Crippen MR) is 113 cm³/mol. The average Bonchev–Trinajstić information content (AvgIpc) is 3.22. The minimum atomic E-state index is 0.562. The summed E-state index contributed by atoms with van der Waals surface area (Å²) in [5.41, 5.74) is 1.75. The van der Waals surface area contributed by atoms with Gasteiger partial charge >= 0.3 is 0 Å². The van der Waals surface area contributed by atoms with Crippen LogP contribution in [-0.2, 0) is 11.3 Å². The zero-order chi connectivity index (χ0) is 17.9.